The van der Waals surface area contributed by atoms with Gasteiger partial charge in [0.2, 0.25) is 0 Å². The number of methoxy groups -OCH3 is 3. The number of carbonyl (C=O) groups is 1. The molecule has 0 spiro atoms. The number of amides is 1. The standard InChI is InChI=1S/C24H24N4O4S/c1-30-17-10-8-16(9-11-17)19-14-20(18-6-4-7-21(31-2)23(18)32-3)28(27-19)22(29)15-33-24-25-12-5-13-26-24/h4-13,20H,14-15H2,1-3H3/t20-/m1/s1. The molecule has 4 rings (SSSR count). The second-order valence-electron chi connectivity index (χ2n) is 7.14. The van der Waals surface area contributed by atoms with Crippen molar-refractivity contribution in [1.82, 2.24) is 15.0 Å². The Morgan fingerprint density at radius 2 is 1.76 bits per heavy atom. The summed E-state index contributed by atoms with van der Waals surface area (Å²) < 4.78 is 16.4. The molecule has 0 radical (unpaired) electrons. The van der Waals surface area contributed by atoms with Crippen LogP contribution in [0, 0.1) is 0 Å². The molecule has 1 amide bonds. The van der Waals surface area contributed by atoms with Gasteiger partial charge < -0.3 is 14.2 Å². The van der Waals surface area contributed by atoms with Crippen LogP contribution in [0.25, 0.3) is 0 Å². The molecule has 0 saturated carbocycles. The molecule has 0 N–H and O–H groups in total. The zero-order valence-electron chi connectivity index (χ0n) is 18.6. The van der Waals surface area contributed by atoms with Crippen LogP contribution in [0.2, 0.25) is 0 Å². The predicted octanol–water partition coefficient (Wildman–Crippen LogP) is 3.97. The van der Waals surface area contributed by atoms with E-state index in [1.807, 2.05) is 42.5 Å². The minimum Gasteiger partial charge on any atom is -0.497 e. The highest BCUT2D eigenvalue weighted by Crippen LogP contribution is 2.42. The second kappa shape index (κ2) is 10.4. The zero-order valence-corrected chi connectivity index (χ0v) is 19.4. The van der Waals surface area contributed by atoms with Crippen molar-refractivity contribution in [2.75, 3.05) is 27.1 Å². The molecule has 0 fully saturated rings. The van der Waals surface area contributed by atoms with Crippen LogP contribution >= 0.6 is 11.8 Å². The van der Waals surface area contributed by atoms with Gasteiger partial charge >= 0.3 is 0 Å². The van der Waals surface area contributed by atoms with Crippen LogP contribution in [0.3, 0.4) is 0 Å². The minimum absolute atomic E-state index is 0.147. The van der Waals surface area contributed by atoms with Crippen LogP contribution in [0.15, 0.2) is 71.2 Å². The molecule has 1 aromatic heterocycles. The van der Waals surface area contributed by atoms with Crippen molar-refractivity contribution in [3.8, 4) is 17.2 Å². The molecule has 2 heterocycles. The third-order valence-corrected chi connectivity index (χ3v) is 6.11. The SMILES string of the molecule is COc1ccc(C2=NN(C(=O)CSc3ncccn3)[C@@H](c3cccc(OC)c3OC)C2)cc1. The Hall–Kier alpha value is -3.59. The predicted molar refractivity (Wildman–Crippen MR) is 126 cm³/mol. The third kappa shape index (κ3) is 4.93. The van der Waals surface area contributed by atoms with Gasteiger partial charge in [0.1, 0.15) is 5.75 Å². The van der Waals surface area contributed by atoms with E-state index >= 15 is 0 Å². The van der Waals surface area contributed by atoms with E-state index in [9.17, 15) is 4.79 Å². The summed E-state index contributed by atoms with van der Waals surface area (Å²) >= 11 is 1.28. The molecule has 0 saturated heterocycles. The van der Waals surface area contributed by atoms with E-state index in [1.165, 1.54) is 16.8 Å². The highest BCUT2D eigenvalue weighted by Gasteiger charge is 2.35. The van der Waals surface area contributed by atoms with E-state index in [0.29, 0.717) is 23.1 Å². The van der Waals surface area contributed by atoms with Gasteiger partial charge in [-0.3, -0.25) is 4.79 Å². The van der Waals surface area contributed by atoms with Gasteiger partial charge in [-0.15, -0.1) is 0 Å². The minimum atomic E-state index is -0.336. The summed E-state index contributed by atoms with van der Waals surface area (Å²) in [6, 6.07) is 14.7. The van der Waals surface area contributed by atoms with Gasteiger partial charge in [-0.25, -0.2) is 15.0 Å². The lowest BCUT2D eigenvalue weighted by Crippen LogP contribution is -2.29. The summed E-state index contributed by atoms with van der Waals surface area (Å²) in [5.74, 6) is 1.97. The molecule has 0 aliphatic carbocycles. The van der Waals surface area contributed by atoms with Crippen molar-refractivity contribution in [3.05, 3.63) is 72.1 Å². The molecule has 1 atom stereocenters. The first kappa shape index (κ1) is 22.6. The fraction of sp³-hybridized carbons (Fsp3) is 0.250. The molecule has 170 valence electrons. The quantitative estimate of drug-likeness (QED) is 0.368. The zero-order chi connectivity index (χ0) is 23.2. The van der Waals surface area contributed by atoms with E-state index in [0.717, 1.165) is 22.6 Å². The lowest BCUT2D eigenvalue weighted by Gasteiger charge is -2.24. The number of rotatable bonds is 8. The fourth-order valence-electron chi connectivity index (χ4n) is 3.67. The van der Waals surface area contributed by atoms with Crippen LogP contribution < -0.4 is 14.2 Å². The van der Waals surface area contributed by atoms with E-state index in [2.05, 4.69) is 9.97 Å². The summed E-state index contributed by atoms with van der Waals surface area (Å²) in [6.45, 7) is 0. The van der Waals surface area contributed by atoms with E-state index in [-0.39, 0.29) is 17.7 Å². The van der Waals surface area contributed by atoms with Crippen LogP contribution in [0.4, 0.5) is 0 Å². The van der Waals surface area contributed by atoms with Crippen LogP contribution in [0.1, 0.15) is 23.6 Å². The van der Waals surface area contributed by atoms with E-state index in [1.54, 1.807) is 39.8 Å². The van der Waals surface area contributed by atoms with Crippen LogP contribution in [-0.2, 0) is 4.79 Å². The van der Waals surface area contributed by atoms with Gasteiger partial charge in [-0.2, -0.15) is 5.10 Å². The number of thioether (sulfide) groups is 1. The third-order valence-electron chi connectivity index (χ3n) is 5.25. The van der Waals surface area contributed by atoms with Crippen molar-refractivity contribution in [1.29, 1.82) is 0 Å². The molecule has 33 heavy (non-hydrogen) atoms. The van der Waals surface area contributed by atoms with Gasteiger partial charge in [-0.1, -0.05) is 23.9 Å². The van der Waals surface area contributed by atoms with Gasteiger partial charge in [0.25, 0.3) is 5.91 Å². The number of hydrogen-bond acceptors (Lipinski definition) is 8. The average molecular weight is 465 g/mol. The normalized spacial score (nSPS) is 15.2. The number of hydrogen-bond donors (Lipinski definition) is 0. The Morgan fingerprint density at radius 3 is 2.42 bits per heavy atom. The number of carbonyl (C=O) groups excluding carboxylic acids is 1. The second-order valence-corrected chi connectivity index (χ2v) is 8.08. The first-order valence-electron chi connectivity index (χ1n) is 10.3. The molecule has 9 heteroatoms. The van der Waals surface area contributed by atoms with Crippen molar-refractivity contribution < 1.29 is 19.0 Å². The molecule has 8 nitrogen and oxygen atoms in total. The number of hydrazone groups is 1. The lowest BCUT2D eigenvalue weighted by atomic mass is 9.97. The smallest absolute Gasteiger partial charge is 0.253 e. The Morgan fingerprint density at radius 1 is 1.00 bits per heavy atom. The summed E-state index contributed by atoms with van der Waals surface area (Å²) in [4.78, 5) is 21.6. The molecule has 1 aliphatic rings. The van der Waals surface area contributed by atoms with Gasteiger partial charge in [-0.05, 0) is 42.0 Å². The Kier molecular flexibility index (Phi) is 7.09. The number of benzene rings is 2. The Labute approximate surface area is 196 Å². The Balaban J connectivity index is 1.66. The lowest BCUT2D eigenvalue weighted by molar-refractivity contribution is -0.130. The molecule has 1 aliphatic heterocycles. The number of nitrogens with zero attached hydrogens (tertiary/aromatic N) is 4. The van der Waals surface area contributed by atoms with Gasteiger partial charge in [0.05, 0.1) is 38.8 Å². The Bertz CT molecular complexity index is 1140. The van der Waals surface area contributed by atoms with Gasteiger partial charge in [0, 0.05) is 24.4 Å². The average Bonchev–Trinajstić information content (AvgIpc) is 3.32. The van der Waals surface area contributed by atoms with E-state index in [4.69, 9.17) is 19.3 Å². The molecule has 3 aromatic rings. The monoisotopic (exact) mass is 464 g/mol. The van der Waals surface area contributed by atoms with Crippen molar-refractivity contribution >= 4 is 23.4 Å². The molecule has 0 bridgehead atoms. The highest BCUT2D eigenvalue weighted by molar-refractivity contribution is 7.99. The van der Waals surface area contributed by atoms with Crippen LogP contribution in [-0.4, -0.2) is 53.7 Å². The number of aromatic nitrogens is 2. The van der Waals surface area contributed by atoms with Gasteiger partial charge in [0.15, 0.2) is 16.7 Å². The maximum atomic E-state index is 13.3. The fourth-order valence-corrected chi connectivity index (χ4v) is 4.32. The maximum absolute atomic E-state index is 13.3. The summed E-state index contributed by atoms with van der Waals surface area (Å²) in [6.07, 6.45) is 3.84. The number of ether oxygens (including phenoxy) is 3. The number of para-hydroxylation sites is 1. The van der Waals surface area contributed by atoms with E-state index < -0.39 is 0 Å². The summed E-state index contributed by atoms with van der Waals surface area (Å²) in [5, 5.41) is 6.80. The molecular weight excluding hydrogens is 440 g/mol. The molecular formula is C24H24N4O4S. The largest absolute Gasteiger partial charge is 0.497 e. The molecule has 2 aromatic carbocycles. The van der Waals surface area contributed by atoms with Crippen LogP contribution in [0.5, 0.6) is 17.2 Å². The topological polar surface area (TPSA) is 86.1 Å². The first-order chi connectivity index (χ1) is 16.1. The summed E-state index contributed by atoms with van der Waals surface area (Å²) in [5.41, 5.74) is 2.57. The highest BCUT2D eigenvalue weighted by atomic mass is 32.2. The van der Waals surface area contributed by atoms with Crippen molar-refractivity contribution in [2.24, 2.45) is 5.10 Å². The van der Waals surface area contributed by atoms with Crippen molar-refractivity contribution in [2.45, 2.75) is 17.6 Å². The molecule has 0 unspecified atom stereocenters. The maximum Gasteiger partial charge on any atom is 0.253 e. The van der Waals surface area contributed by atoms with Crippen molar-refractivity contribution in [3.63, 3.8) is 0 Å². The first-order valence-corrected chi connectivity index (χ1v) is 11.3. The summed E-state index contributed by atoms with van der Waals surface area (Å²) in [7, 11) is 4.81.